The van der Waals surface area contributed by atoms with E-state index in [4.69, 9.17) is 39.5 Å². The van der Waals surface area contributed by atoms with E-state index in [0.29, 0.717) is 12.5 Å². The molecule has 6 atom stereocenters. The first-order valence-corrected chi connectivity index (χ1v) is 11.1. The van der Waals surface area contributed by atoms with E-state index in [2.05, 4.69) is 5.32 Å². The van der Waals surface area contributed by atoms with Crippen LogP contribution >= 0.6 is 34.8 Å². The first kappa shape index (κ1) is 24.1. The van der Waals surface area contributed by atoms with Gasteiger partial charge in [-0.1, -0.05) is 11.6 Å². The van der Waals surface area contributed by atoms with Crippen molar-refractivity contribution in [3.05, 3.63) is 28.8 Å². The number of nitrogens with zero attached hydrogens (tertiary/aromatic N) is 1. The Labute approximate surface area is 200 Å². The summed E-state index contributed by atoms with van der Waals surface area (Å²) in [6.07, 6.45) is -4.07. The summed E-state index contributed by atoms with van der Waals surface area (Å²) < 4.78 is 43.3. The van der Waals surface area contributed by atoms with Crippen LogP contribution < -0.4 is 5.32 Å². The summed E-state index contributed by atoms with van der Waals surface area (Å²) in [6, 6.07) is 2.37. The third kappa shape index (κ3) is 4.28. The van der Waals surface area contributed by atoms with Crippen molar-refractivity contribution in [1.29, 1.82) is 0 Å². The predicted octanol–water partition coefficient (Wildman–Crippen LogP) is 3.31. The van der Waals surface area contributed by atoms with Crippen molar-refractivity contribution < 1.29 is 37.1 Å². The van der Waals surface area contributed by atoms with E-state index in [-0.39, 0.29) is 22.5 Å². The molecule has 0 aromatic heterocycles. The van der Waals surface area contributed by atoms with Crippen LogP contribution in [0, 0.1) is 23.7 Å². The van der Waals surface area contributed by atoms with Crippen LogP contribution in [0.15, 0.2) is 18.2 Å². The van der Waals surface area contributed by atoms with Gasteiger partial charge >= 0.3 is 12.1 Å². The van der Waals surface area contributed by atoms with E-state index < -0.39 is 71.2 Å². The molecule has 1 saturated heterocycles. The van der Waals surface area contributed by atoms with Gasteiger partial charge in [0.25, 0.3) is 5.91 Å². The number of carbonyl (C=O) groups excluding carboxylic acids is 4. The van der Waals surface area contributed by atoms with Gasteiger partial charge in [-0.15, -0.1) is 23.2 Å². The molecule has 2 aliphatic carbocycles. The summed E-state index contributed by atoms with van der Waals surface area (Å²) >= 11 is 18.3. The molecule has 0 spiro atoms. The van der Waals surface area contributed by atoms with Gasteiger partial charge in [-0.2, -0.15) is 13.2 Å². The lowest BCUT2D eigenvalue weighted by molar-refractivity contribution is -0.154. The molecule has 33 heavy (non-hydrogen) atoms. The standard InChI is InChI=1S/C20H16Cl3F3N2O5/c21-10-2-1-7(20(24,25)26)3-11(10)27-12(29)6-33-13(30)5-28-18(31)14-8-4-9(15(14)19(28)32)17(23)16(8)22/h1-3,8-9,14-17H,4-6H2,(H,27,29)/t8-,9-,14-,15+,16-,17+/m1/s1. The number of alkyl halides is 5. The zero-order valence-corrected chi connectivity index (χ0v) is 18.8. The van der Waals surface area contributed by atoms with Crippen molar-refractivity contribution in [3.63, 3.8) is 0 Å². The summed E-state index contributed by atoms with van der Waals surface area (Å²) in [5.74, 6) is -4.77. The van der Waals surface area contributed by atoms with Gasteiger partial charge in [0.15, 0.2) is 6.61 Å². The number of imide groups is 1. The van der Waals surface area contributed by atoms with Gasteiger partial charge in [0.05, 0.1) is 38.9 Å². The molecule has 7 nitrogen and oxygen atoms in total. The average Bonchev–Trinajstić information content (AvgIpc) is 3.34. The zero-order valence-electron chi connectivity index (χ0n) is 16.6. The number of fused-ring (bicyclic) bond motifs is 5. The summed E-state index contributed by atoms with van der Waals surface area (Å²) in [4.78, 5) is 50.4. The molecule has 0 unspecified atom stereocenters. The second-order valence-corrected chi connectivity index (χ2v) is 9.58. The first-order chi connectivity index (χ1) is 15.4. The monoisotopic (exact) mass is 526 g/mol. The third-order valence-corrected chi connectivity index (χ3v) is 7.95. The van der Waals surface area contributed by atoms with Crippen LogP contribution in [0.5, 0.6) is 0 Å². The summed E-state index contributed by atoms with van der Waals surface area (Å²) in [5, 5.41) is 1.11. The number of amides is 3. The zero-order chi connectivity index (χ0) is 24.2. The number of hydrogen-bond acceptors (Lipinski definition) is 5. The van der Waals surface area contributed by atoms with Gasteiger partial charge in [0.2, 0.25) is 11.8 Å². The fourth-order valence-electron chi connectivity index (χ4n) is 4.87. The molecular weight excluding hydrogens is 512 g/mol. The molecule has 1 N–H and O–H groups in total. The fraction of sp³-hybridized carbons (Fsp3) is 0.500. The number of rotatable bonds is 5. The molecule has 3 amide bonds. The number of ether oxygens (including phenoxy) is 1. The molecule has 13 heteroatoms. The van der Waals surface area contributed by atoms with Gasteiger partial charge in [0, 0.05) is 0 Å². The molecule has 0 radical (unpaired) electrons. The van der Waals surface area contributed by atoms with E-state index >= 15 is 0 Å². The van der Waals surface area contributed by atoms with E-state index in [1.807, 2.05) is 0 Å². The Morgan fingerprint density at radius 3 is 2.21 bits per heavy atom. The minimum Gasteiger partial charge on any atom is -0.454 e. The van der Waals surface area contributed by atoms with Gasteiger partial charge in [-0.25, -0.2) is 0 Å². The lowest BCUT2D eigenvalue weighted by Gasteiger charge is -2.28. The maximum atomic E-state index is 12.8. The second kappa shape index (κ2) is 8.63. The van der Waals surface area contributed by atoms with E-state index in [0.717, 1.165) is 17.0 Å². The normalized spacial score (nSPS) is 30.5. The minimum absolute atomic E-state index is 0.146. The number of anilines is 1. The van der Waals surface area contributed by atoms with Crippen LogP contribution in [0.1, 0.15) is 12.0 Å². The molecule has 1 aromatic carbocycles. The minimum atomic E-state index is -4.64. The number of esters is 1. The topological polar surface area (TPSA) is 92.8 Å². The van der Waals surface area contributed by atoms with Crippen molar-refractivity contribution in [3.8, 4) is 0 Å². The van der Waals surface area contributed by atoms with Gasteiger partial charge in [0.1, 0.15) is 6.54 Å². The molecular formula is C20H16Cl3F3N2O5. The van der Waals surface area contributed by atoms with E-state index in [9.17, 15) is 32.3 Å². The summed E-state index contributed by atoms with van der Waals surface area (Å²) in [7, 11) is 0. The molecule has 2 bridgehead atoms. The molecule has 1 aromatic rings. The highest BCUT2D eigenvalue weighted by Gasteiger charge is 2.66. The number of benzene rings is 1. The number of carbonyl (C=O) groups is 4. The molecule has 3 aliphatic rings. The van der Waals surface area contributed by atoms with Crippen molar-refractivity contribution in [1.82, 2.24) is 4.90 Å². The fourth-order valence-corrected chi connectivity index (χ4v) is 5.93. The number of likely N-dealkylation sites (tertiary alicyclic amines) is 1. The predicted molar refractivity (Wildman–Crippen MR) is 111 cm³/mol. The average molecular weight is 528 g/mol. The Morgan fingerprint density at radius 2 is 1.67 bits per heavy atom. The Balaban J connectivity index is 1.33. The molecule has 1 heterocycles. The SMILES string of the molecule is O=C(COC(=O)CN1C(=O)[C@@H]2[C@H]3C[C@@H]([C@H](Cl)[C@@H]3Cl)[C@@H]2C1=O)Nc1cc(C(F)(F)F)ccc1Cl. The third-order valence-electron chi connectivity index (χ3n) is 6.30. The van der Waals surface area contributed by atoms with Crippen molar-refractivity contribution in [2.75, 3.05) is 18.5 Å². The van der Waals surface area contributed by atoms with Gasteiger partial charge < -0.3 is 10.1 Å². The van der Waals surface area contributed by atoms with Crippen LogP contribution in [-0.2, 0) is 30.1 Å². The lowest BCUT2D eigenvalue weighted by Crippen LogP contribution is -2.38. The lowest BCUT2D eigenvalue weighted by atomic mass is 9.80. The molecule has 1 aliphatic heterocycles. The number of halogens is 6. The Bertz CT molecular complexity index is 1000. The van der Waals surface area contributed by atoms with Crippen LogP contribution in [-0.4, -0.2) is 52.5 Å². The molecule has 178 valence electrons. The van der Waals surface area contributed by atoms with Gasteiger partial charge in [-0.05, 0) is 36.5 Å². The molecule has 2 saturated carbocycles. The van der Waals surface area contributed by atoms with Crippen LogP contribution in [0.25, 0.3) is 0 Å². The summed E-state index contributed by atoms with van der Waals surface area (Å²) in [5.41, 5.74) is -1.34. The smallest absolute Gasteiger partial charge is 0.416 e. The summed E-state index contributed by atoms with van der Waals surface area (Å²) in [6.45, 7) is -1.55. The van der Waals surface area contributed by atoms with Crippen molar-refractivity contribution in [2.45, 2.75) is 23.4 Å². The maximum absolute atomic E-state index is 12.8. The molecule has 4 rings (SSSR count). The Hall–Kier alpha value is -2.04. The van der Waals surface area contributed by atoms with Crippen molar-refractivity contribution in [2.24, 2.45) is 23.7 Å². The van der Waals surface area contributed by atoms with E-state index in [1.54, 1.807) is 0 Å². The number of nitrogens with one attached hydrogen (secondary N) is 1. The first-order valence-electron chi connectivity index (χ1n) is 9.85. The highest BCUT2D eigenvalue weighted by atomic mass is 35.5. The quantitative estimate of drug-likeness (QED) is 0.360. The van der Waals surface area contributed by atoms with Crippen LogP contribution in [0.2, 0.25) is 5.02 Å². The van der Waals surface area contributed by atoms with Crippen LogP contribution in [0.3, 0.4) is 0 Å². The Kier molecular flexibility index (Phi) is 6.30. The highest BCUT2D eigenvalue weighted by Crippen LogP contribution is 2.59. The Morgan fingerprint density at radius 1 is 1.09 bits per heavy atom. The maximum Gasteiger partial charge on any atom is 0.416 e. The van der Waals surface area contributed by atoms with Crippen LogP contribution in [0.4, 0.5) is 18.9 Å². The molecule has 3 fully saturated rings. The largest absolute Gasteiger partial charge is 0.454 e. The van der Waals surface area contributed by atoms with Gasteiger partial charge in [-0.3, -0.25) is 24.1 Å². The highest BCUT2D eigenvalue weighted by molar-refractivity contribution is 6.33. The second-order valence-electron chi connectivity index (χ2n) is 8.17. The van der Waals surface area contributed by atoms with E-state index in [1.165, 1.54) is 0 Å². The number of hydrogen-bond donors (Lipinski definition) is 1. The van der Waals surface area contributed by atoms with Crippen molar-refractivity contribution >= 4 is 64.2 Å².